The lowest BCUT2D eigenvalue weighted by atomic mass is 10.0. The number of aryl methyl sites for hydroxylation is 1. The molecule has 1 amide bonds. The zero-order chi connectivity index (χ0) is 11.7. The van der Waals surface area contributed by atoms with Crippen molar-refractivity contribution in [3.05, 3.63) is 18.0 Å². The van der Waals surface area contributed by atoms with Gasteiger partial charge in [-0.05, 0) is 6.42 Å². The fraction of sp³-hybridized carbons (Fsp3) is 0.636. The van der Waals surface area contributed by atoms with E-state index in [0.717, 1.165) is 18.5 Å². The number of carbonyl (C=O) groups excluding carboxylic acids is 1. The minimum atomic E-state index is -0.108. The second-order valence-electron chi connectivity index (χ2n) is 4.35. The molecule has 1 aromatic rings. The zero-order valence-corrected chi connectivity index (χ0v) is 9.76. The van der Waals surface area contributed by atoms with Gasteiger partial charge in [0.15, 0.2) is 0 Å². The van der Waals surface area contributed by atoms with Crippen molar-refractivity contribution in [1.29, 1.82) is 0 Å². The summed E-state index contributed by atoms with van der Waals surface area (Å²) in [4.78, 5) is 13.7. The molecule has 0 aromatic carbocycles. The first-order valence-corrected chi connectivity index (χ1v) is 5.67. The lowest BCUT2D eigenvalue weighted by molar-refractivity contribution is -0.129. The molecule has 5 heteroatoms. The van der Waals surface area contributed by atoms with Gasteiger partial charge in [-0.15, -0.1) is 0 Å². The van der Waals surface area contributed by atoms with Gasteiger partial charge in [0.2, 0.25) is 5.91 Å². The van der Waals surface area contributed by atoms with E-state index < -0.39 is 0 Å². The van der Waals surface area contributed by atoms with E-state index in [0.29, 0.717) is 6.42 Å². The lowest BCUT2D eigenvalue weighted by Gasteiger charge is -2.25. The topological polar surface area (TPSA) is 64.2 Å². The number of amides is 1. The average molecular weight is 222 g/mol. The van der Waals surface area contributed by atoms with Crippen LogP contribution in [-0.4, -0.2) is 33.2 Å². The molecule has 16 heavy (non-hydrogen) atoms. The summed E-state index contributed by atoms with van der Waals surface area (Å²) in [5, 5.41) is 4.14. The highest BCUT2D eigenvalue weighted by Gasteiger charge is 2.38. The molecule has 1 aliphatic rings. The summed E-state index contributed by atoms with van der Waals surface area (Å²) in [6.07, 6.45) is 5.13. The summed E-state index contributed by atoms with van der Waals surface area (Å²) in [5.41, 5.74) is 7.07. The molecule has 0 aliphatic carbocycles. The Balaban J connectivity index is 2.26. The SMILES string of the molecule is CCCN1C(=O)CC(N)C1c1cnn(C)c1. The van der Waals surface area contributed by atoms with Crippen molar-refractivity contribution in [1.82, 2.24) is 14.7 Å². The number of aromatic nitrogens is 2. The third-order valence-corrected chi connectivity index (χ3v) is 3.00. The predicted octanol–water partition coefficient (Wildman–Crippen LogP) is 0.431. The average Bonchev–Trinajstić information content (AvgIpc) is 2.73. The van der Waals surface area contributed by atoms with Crippen molar-refractivity contribution >= 4 is 5.91 Å². The van der Waals surface area contributed by atoms with Gasteiger partial charge in [0, 0.05) is 37.8 Å². The molecule has 2 rings (SSSR count). The van der Waals surface area contributed by atoms with Crippen LogP contribution in [0.3, 0.4) is 0 Å². The van der Waals surface area contributed by atoms with E-state index in [2.05, 4.69) is 12.0 Å². The Morgan fingerprint density at radius 1 is 1.62 bits per heavy atom. The van der Waals surface area contributed by atoms with Crippen LogP contribution in [0.25, 0.3) is 0 Å². The number of likely N-dealkylation sites (tertiary alicyclic amines) is 1. The summed E-state index contributed by atoms with van der Waals surface area (Å²) in [7, 11) is 1.87. The molecule has 1 fully saturated rings. The molecule has 88 valence electrons. The fourth-order valence-corrected chi connectivity index (χ4v) is 2.34. The Labute approximate surface area is 95.2 Å². The summed E-state index contributed by atoms with van der Waals surface area (Å²) in [6, 6.07) is -0.107. The molecular weight excluding hydrogens is 204 g/mol. The fourth-order valence-electron chi connectivity index (χ4n) is 2.34. The van der Waals surface area contributed by atoms with Gasteiger partial charge >= 0.3 is 0 Å². The minimum Gasteiger partial charge on any atom is -0.334 e. The molecule has 1 aliphatic heterocycles. The molecule has 2 unspecified atom stereocenters. The standard InChI is InChI=1S/C11H18N4O/c1-3-4-15-10(16)5-9(12)11(15)8-6-13-14(2)7-8/h6-7,9,11H,3-5,12H2,1-2H3. The van der Waals surface area contributed by atoms with Crippen LogP contribution in [0.15, 0.2) is 12.4 Å². The third kappa shape index (κ3) is 1.82. The summed E-state index contributed by atoms with van der Waals surface area (Å²) in [6.45, 7) is 2.84. The van der Waals surface area contributed by atoms with E-state index in [-0.39, 0.29) is 18.0 Å². The molecule has 2 atom stereocenters. The van der Waals surface area contributed by atoms with Crippen LogP contribution in [0.2, 0.25) is 0 Å². The van der Waals surface area contributed by atoms with Crippen molar-refractivity contribution in [2.75, 3.05) is 6.54 Å². The van der Waals surface area contributed by atoms with Crippen LogP contribution in [0.4, 0.5) is 0 Å². The lowest BCUT2D eigenvalue weighted by Crippen LogP contribution is -2.33. The Kier molecular flexibility index (Phi) is 2.96. The Morgan fingerprint density at radius 3 is 2.94 bits per heavy atom. The Hall–Kier alpha value is -1.36. The van der Waals surface area contributed by atoms with Crippen LogP contribution in [0.5, 0.6) is 0 Å². The van der Waals surface area contributed by atoms with E-state index in [1.807, 2.05) is 18.1 Å². The van der Waals surface area contributed by atoms with Crippen molar-refractivity contribution in [2.24, 2.45) is 12.8 Å². The van der Waals surface area contributed by atoms with E-state index >= 15 is 0 Å². The van der Waals surface area contributed by atoms with Crippen molar-refractivity contribution in [3.63, 3.8) is 0 Å². The zero-order valence-electron chi connectivity index (χ0n) is 9.76. The largest absolute Gasteiger partial charge is 0.334 e. The van der Waals surface area contributed by atoms with Gasteiger partial charge in [0.25, 0.3) is 0 Å². The second kappa shape index (κ2) is 4.25. The van der Waals surface area contributed by atoms with Gasteiger partial charge in [-0.3, -0.25) is 9.48 Å². The molecule has 0 bridgehead atoms. The molecule has 2 N–H and O–H groups in total. The van der Waals surface area contributed by atoms with Gasteiger partial charge in [0.1, 0.15) is 0 Å². The molecule has 5 nitrogen and oxygen atoms in total. The molecule has 0 radical (unpaired) electrons. The summed E-state index contributed by atoms with van der Waals surface area (Å²) >= 11 is 0. The summed E-state index contributed by atoms with van der Waals surface area (Å²) < 4.78 is 1.75. The van der Waals surface area contributed by atoms with E-state index in [4.69, 9.17) is 5.73 Å². The van der Waals surface area contributed by atoms with E-state index in [1.165, 1.54) is 0 Å². The van der Waals surface area contributed by atoms with Crippen molar-refractivity contribution in [3.8, 4) is 0 Å². The molecule has 0 spiro atoms. The number of carbonyl (C=O) groups is 1. The normalized spacial score (nSPS) is 25.4. The first-order valence-electron chi connectivity index (χ1n) is 5.67. The summed E-state index contributed by atoms with van der Waals surface area (Å²) in [5.74, 6) is 0.156. The first kappa shape index (κ1) is 11.1. The molecule has 1 saturated heterocycles. The number of rotatable bonds is 3. The number of hydrogen-bond donors (Lipinski definition) is 1. The van der Waals surface area contributed by atoms with Crippen LogP contribution in [0, 0.1) is 0 Å². The third-order valence-electron chi connectivity index (χ3n) is 3.00. The quantitative estimate of drug-likeness (QED) is 0.806. The second-order valence-corrected chi connectivity index (χ2v) is 4.35. The smallest absolute Gasteiger partial charge is 0.224 e. The van der Waals surface area contributed by atoms with Gasteiger partial charge in [-0.1, -0.05) is 6.92 Å². The molecule has 0 saturated carbocycles. The van der Waals surface area contributed by atoms with Crippen LogP contribution < -0.4 is 5.73 Å². The highest BCUT2D eigenvalue weighted by atomic mass is 16.2. The van der Waals surface area contributed by atoms with Crippen molar-refractivity contribution in [2.45, 2.75) is 31.8 Å². The highest BCUT2D eigenvalue weighted by Crippen LogP contribution is 2.31. The van der Waals surface area contributed by atoms with Gasteiger partial charge in [0.05, 0.1) is 12.2 Å². The van der Waals surface area contributed by atoms with Gasteiger partial charge in [-0.25, -0.2) is 0 Å². The first-order chi connectivity index (χ1) is 7.63. The van der Waals surface area contributed by atoms with Gasteiger partial charge < -0.3 is 10.6 Å². The maximum atomic E-state index is 11.8. The molecular formula is C11H18N4O. The number of hydrogen-bond acceptors (Lipinski definition) is 3. The predicted molar refractivity (Wildman–Crippen MR) is 60.5 cm³/mol. The van der Waals surface area contributed by atoms with Crippen LogP contribution in [0.1, 0.15) is 31.4 Å². The highest BCUT2D eigenvalue weighted by molar-refractivity contribution is 5.80. The van der Waals surface area contributed by atoms with E-state index in [9.17, 15) is 4.79 Å². The maximum absolute atomic E-state index is 11.8. The van der Waals surface area contributed by atoms with Gasteiger partial charge in [-0.2, -0.15) is 5.10 Å². The Bertz CT molecular complexity index is 387. The Morgan fingerprint density at radius 2 is 2.38 bits per heavy atom. The van der Waals surface area contributed by atoms with Crippen LogP contribution >= 0.6 is 0 Å². The monoisotopic (exact) mass is 222 g/mol. The maximum Gasteiger partial charge on any atom is 0.224 e. The minimum absolute atomic E-state index is 0.00106. The number of nitrogens with zero attached hydrogens (tertiary/aromatic N) is 3. The molecule has 2 heterocycles. The van der Waals surface area contributed by atoms with E-state index in [1.54, 1.807) is 10.9 Å². The number of nitrogens with two attached hydrogens (primary N) is 1. The molecule has 1 aromatic heterocycles. The van der Waals surface area contributed by atoms with Crippen LogP contribution in [-0.2, 0) is 11.8 Å². The van der Waals surface area contributed by atoms with Crippen molar-refractivity contribution < 1.29 is 4.79 Å².